The Morgan fingerprint density at radius 3 is 1.55 bits per heavy atom. The Bertz CT molecular complexity index is 2240. The van der Waals surface area contributed by atoms with E-state index in [0.717, 1.165) is 34.7 Å². The highest BCUT2D eigenvalue weighted by Gasteiger charge is 2.54. The van der Waals surface area contributed by atoms with Crippen molar-refractivity contribution >= 4 is 26.0 Å². The van der Waals surface area contributed by atoms with Crippen LogP contribution in [-0.2, 0) is 63.6 Å². The highest BCUT2D eigenvalue weighted by atomic mass is 32.2. The van der Waals surface area contributed by atoms with Gasteiger partial charge in [-0.25, -0.2) is 21.1 Å². The highest BCUT2D eigenvalue weighted by molar-refractivity contribution is 7.90. The number of carbonyl (C=O) groups is 1. The number of carbonyl (C=O) groups excluding carboxylic acids is 1. The molecule has 0 spiro atoms. The molecule has 0 saturated carbocycles. The van der Waals surface area contributed by atoms with Crippen LogP contribution in [-0.4, -0.2) is 64.2 Å². The number of nitrogens with zero attached hydrogens (tertiary/aromatic N) is 1. The third-order valence-electron chi connectivity index (χ3n) is 9.38. The van der Waals surface area contributed by atoms with Crippen LogP contribution < -0.4 is 4.72 Å². The molecule has 1 heterocycles. The zero-order valence-electron chi connectivity index (χ0n) is 31.4. The molecule has 1 N–H and O–H groups in total. The monoisotopic (exact) mass is 798 g/mol. The average Bonchev–Trinajstić information content (AvgIpc) is 3.19. The standard InChI is InChI=1S/C43H46N2O9S2/c1-31-19-23-37(24-20-31)55(47,48)44-43-40(45(33(3)46)56(49,50)38-25-21-32(2)22-26-38)42(53-29-36-17-11-6-12-18-36)41(52-28-35-15-9-5-10-16-35)39(54-43)30-51-27-34-13-7-4-8-14-34/h4-26,39-44H,27-30H2,1-3H3/t39-,40-,41-,42-,43-/m1/s1. The van der Waals surface area contributed by atoms with Crippen LogP contribution >= 0.6 is 0 Å². The summed E-state index contributed by atoms with van der Waals surface area (Å²) >= 11 is 0. The van der Waals surface area contributed by atoms with Crippen molar-refractivity contribution in [1.29, 1.82) is 0 Å². The maximum Gasteiger partial charge on any atom is 0.266 e. The minimum Gasteiger partial charge on any atom is -0.374 e. The average molecular weight is 799 g/mol. The summed E-state index contributed by atoms with van der Waals surface area (Å²) in [7, 11) is -9.03. The van der Waals surface area contributed by atoms with Crippen molar-refractivity contribution in [2.45, 2.75) is 81.0 Å². The second kappa shape index (κ2) is 18.5. The van der Waals surface area contributed by atoms with Crippen molar-refractivity contribution in [3.63, 3.8) is 0 Å². The molecule has 5 aromatic rings. The molecule has 1 aliphatic heterocycles. The summed E-state index contributed by atoms with van der Waals surface area (Å²) in [4.78, 5) is 13.6. The smallest absolute Gasteiger partial charge is 0.266 e. The van der Waals surface area contributed by atoms with Crippen molar-refractivity contribution in [3.8, 4) is 0 Å². The molecule has 0 radical (unpaired) electrons. The van der Waals surface area contributed by atoms with Gasteiger partial charge < -0.3 is 18.9 Å². The number of ether oxygens (including phenoxy) is 4. The fourth-order valence-corrected chi connectivity index (χ4v) is 9.24. The molecule has 0 bridgehead atoms. The molecule has 5 aromatic carbocycles. The molecule has 294 valence electrons. The fraction of sp³-hybridized carbons (Fsp3) is 0.279. The molecule has 11 nitrogen and oxygen atoms in total. The first-order valence-corrected chi connectivity index (χ1v) is 21.1. The molecule has 56 heavy (non-hydrogen) atoms. The third-order valence-corrected chi connectivity index (χ3v) is 12.7. The lowest BCUT2D eigenvalue weighted by Crippen LogP contribution is -2.70. The molecule has 5 atom stereocenters. The van der Waals surface area contributed by atoms with E-state index < -0.39 is 56.5 Å². The molecule has 0 unspecified atom stereocenters. The fourth-order valence-electron chi connectivity index (χ4n) is 6.51. The van der Waals surface area contributed by atoms with Gasteiger partial charge in [-0.05, 0) is 54.8 Å². The number of sulfonamides is 2. The van der Waals surface area contributed by atoms with E-state index >= 15 is 0 Å². The Morgan fingerprint density at radius 2 is 1.07 bits per heavy atom. The molecular formula is C43H46N2O9S2. The molecule has 6 rings (SSSR count). The first-order chi connectivity index (χ1) is 26.9. The van der Waals surface area contributed by atoms with Crippen LogP contribution in [0.5, 0.6) is 0 Å². The first kappa shape index (κ1) is 40.9. The van der Waals surface area contributed by atoms with Crippen LogP contribution in [0.1, 0.15) is 34.7 Å². The van der Waals surface area contributed by atoms with Gasteiger partial charge in [0.05, 0.1) is 36.2 Å². The van der Waals surface area contributed by atoms with Gasteiger partial charge in [-0.2, -0.15) is 4.72 Å². The van der Waals surface area contributed by atoms with Gasteiger partial charge in [0, 0.05) is 6.92 Å². The lowest BCUT2D eigenvalue weighted by molar-refractivity contribution is -0.242. The Hall–Kier alpha value is -4.73. The zero-order valence-corrected chi connectivity index (χ0v) is 33.1. The summed E-state index contributed by atoms with van der Waals surface area (Å²) in [6.07, 6.45) is -5.03. The van der Waals surface area contributed by atoms with E-state index in [1.165, 1.54) is 24.3 Å². The number of rotatable bonds is 16. The number of nitrogens with one attached hydrogen (secondary N) is 1. The minimum atomic E-state index is -4.65. The second-order valence-corrected chi connectivity index (χ2v) is 17.2. The van der Waals surface area contributed by atoms with Gasteiger partial charge in [0.25, 0.3) is 10.0 Å². The Balaban J connectivity index is 1.48. The molecule has 1 aliphatic rings. The summed E-state index contributed by atoms with van der Waals surface area (Å²) in [6, 6.07) is 38.7. The molecular weight excluding hydrogens is 753 g/mol. The first-order valence-electron chi connectivity index (χ1n) is 18.2. The Kier molecular flexibility index (Phi) is 13.5. The van der Waals surface area contributed by atoms with Gasteiger partial charge in [-0.15, -0.1) is 0 Å². The van der Waals surface area contributed by atoms with Gasteiger partial charge in [-0.3, -0.25) is 4.79 Å². The lowest BCUT2D eigenvalue weighted by atomic mass is 9.95. The van der Waals surface area contributed by atoms with Crippen molar-refractivity contribution < 1.29 is 40.6 Å². The van der Waals surface area contributed by atoms with Gasteiger partial charge >= 0.3 is 0 Å². The molecule has 1 fully saturated rings. The van der Waals surface area contributed by atoms with Gasteiger partial charge in [0.15, 0.2) is 0 Å². The highest BCUT2D eigenvalue weighted by Crippen LogP contribution is 2.34. The van der Waals surface area contributed by atoms with Crippen molar-refractivity contribution in [2.75, 3.05) is 6.61 Å². The molecule has 0 aliphatic carbocycles. The number of hydrogen-bond acceptors (Lipinski definition) is 9. The molecule has 0 aromatic heterocycles. The van der Waals surface area contributed by atoms with E-state index in [1.807, 2.05) is 105 Å². The van der Waals surface area contributed by atoms with Crippen LogP contribution in [0, 0.1) is 13.8 Å². The van der Waals surface area contributed by atoms with E-state index in [4.69, 9.17) is 18.9 Å². The number of amides is 1. The number of benzene rings is 5. The van der Waals surface area contributed by atoms with E-state index in [9.17, 15) is 21.6 Å². The predicted octanol–water partition coefficient (Wildman–Crippen LogP) is 6.30. The Morgan fingerprint density at radius 1 is 0.625 bits per heavy atom. The predicted molar refractivity (Wildman–Crippen MR) is 211 cm³/mol. The van der Waals surface area contributed by atoms with Crippen LogP contribution in [0.2, 0.25) is 0 Å². The lowest BCUT2D eigenvalue weighted by Gasteiger charge is -2.49. The van der Waals surface area contributed by atoms with Gasteiger partial charge in [0.1, 0.15) is 30.6 Å². The maximum absolute atomic E-state index is 14.7. The number of hydrogen-bond donors (Lipinski definition) is 1. The molecule has 1 saturated heterocycles. The maximum atomic E-state index is 14.7. The summed E-state index contributed by atoms with van der Waals surface area (Å²) in [5, 5.41) is 0. The zero-order chi connectivity index (χ0) is 39.7. The normalized spacial score (nSPS) is 20.0. The van der Waals surface area contributed by atoms with Crippen molar-refractivity contribution in [1.82, 2.24) is 9.03 Å². The van der Waals surface area contributed by atoms with E-state index in [1.54, 1.807) is 24.3 Å². The molecule has 13 heteroatoms. The largest absolute Gasteiger partial charge is 0.374 e. The van der Waals surface area contributed by atoms with E-state index in [2.05, 4.69) is 4.72 Å². The summed E-state index contributed by atoms with van der Waals surface area (Å²) < 4.78 is 87.0. The SMILES string of the molecule is CC(=O)N([C@@H]1[C@@H](OCc2ccccc2)[C@H](OCc2ccccc2)[C@@H](COCc2ccccc2)O[C@H]1NS(=O)(=O)c1ccc(C)cc1)S(=O)(=O)c1ccc(C)cc1. The van der Waals surface area contributed by atoms with E-state index in [0.29, 0.717) is 4.31 Å². The summed E-state index contributed by atoms with van der Waals surface area (Å²) in [5.41, 5.74) is 4.10. The molecule has 1 amide bonds. The van der Waals surface area contributed by atoms with E-state index in [-0.39, 0.29) is 36.2 Å². The van der Waals surface area contributed by atoms with Crippen molar-refractivity contribution in [2.24, 2.45) is 0 Å². The van der Waals surface area contributed by atoms with Crippen LogP contribution in [0.25, 0.3) is 0 Å². The summed E-state index contributed by atoms with van der Waals surface area (Å²) in [6.45, 7) is 4.89. The second-order valence-electron chi connectivity index (χ2n) is 13.7. The minimum absolute atomic E-state index is 0.0292. The number of aryl methyl sites for hydroxylation is 2. The van der Waals surface area contributed by atoms with Crippen molar-refractivity contribution in [3.05, 3.63) is 167 Å². The topological polar surface area (TPSA) is 138 Å². The summed E-state index contributed by atoms with van der Waals surface area (Å²) in [5.74, 6) is -0.882. The van der Waals surface area contributed by atoms with Crippen LogP contribution in [0.15, 0.2) is 149 Å². The van der Waals surface area contributed by atoms with Crippen LogP contribution in [0.4, 0.5) is 0 Å². The van der Waals surface area contributed by atoms with Gasteiger partial charge in [-0.1, -0.05) is 126 Å². The quantitative estimate of drug-likeness (QED) is 0.122. The Labute approximate surface area is 329 Å². The van der Waals surface area contributed by atoms with Crippen LogP contribution in [0.3, 0.4) is 0 Å². The third kappa shape index (κ3) is 10.2. The van der Waals surface area contributed by atoms with Gasteiger partial charge in [0.2, 0.25) is 15.9 Å².